The summed E-state index contributed by atoms with van der Waals surface area (Å²) >= 11 is 0. The Balaban J connectivity index is 2.35. The molecule has 0 saturated heterocycles. The number of hydrogen-bond donors (Lipinski definition) is 0. The predicted molar refractivity (Wildman–Crippen MR) is 78.0 cm³/mol. The van der Waals surface area contributed by atoms with Crippen molar-refractivity contribution >= 4 is 6.08 Å². The summed E-state index contributed by atoms with van der Waals surface area (Å²) in [5.41, 5.74) is 2.34. The monoisotopic (exact) mass is 257 g/mol. The van der Waals surface area contributed by atoms with Crippen LogP contribution in [0.25, 0.3) is 0 Å². The van der Waals surface area contributed by atoms with E-state index in [0.717, 1.165) is 25.7 Å². The van der Waals surface area contributed by atoms with E-state index in [0.29, 0.717) is 0 Å². The average molecular weight is 257 g/mol. The molecule has 102 valence electrons. The van der Waals surface area contributed by atoms with Gasteiger partial charge < -0.3 is 0 Å². The van der Waals surface area contributed by atoms with Crippen LogP contribution in [0.1, 0.15) is 64.0 Å². The van der Waals surface area contributed by atoms with E-state index >= 15 is 0 Å². The quantitative estimate of drug-likeness (QED) is 0.567. The molecule has 0 spiro atoms. The van der Waals surface area contributed by atoms with Crippen molar-refractivity contribution in [2.24, 2.45) is 4.99 Å². The van der Waals surface area contributed by atoms with Gasteiger partial charge in [0.2, 0.25) is 6.08 Å². The molecule has 0 radical (unpaired) electrons. The molecule has 0 amide bonds. The second-order valence-corrected chi connectivity index (χ2v) is 6.62. The van der Waals surface area contributed by atoms with Gasteiger partial charge in [0.25, 0.3) is 0 Å². The maximum absolute atomic E-state index is 10.8. The van der Waals surface area contributed by atoms with Crippen LogP contribution < -0.4 is 0 Å². The normalized spacial score (nSPS) is 18.7. The van der Waals surface area contributed by atoms with Crippen LogP contribution in [0.4, 0.5) is 0 Å². The number of nitrogens with zero attached hydrogens (tertiary/aromatic N) is 1. The van der Waals surface area contributed by atoms with Gasteiger partial charge >= 0.3 is 0 Å². The second-order valence-electron chi connectivity index (χ2n) is 6.62. The third-order valence-electron chi connectivity index (χ3n) is 4.23. The molecule has 2 rings (SSSR count). The summed E-state index contributed by atoms with van der Waals surface area (Å²) in [4.78, 5) is 15.0. The lowest BCUT2D eigenvalue weighted by Crippen LogP contribution is -2.26. The molecule has 1 aliphatic rings. The van der Waals surface area contributed by atoms with E-state index < -0.39 is 0 Å². The van der Waals surface area contributed by atoms with E-state index in [1.807, 2.05) is 0 Å². The zero-order valence-electron chi connectivity index (χ0n) is 12.2. The van der Waals surface area contributed by atoms with Gasteiger partial charge in [0, 0.05) is 0 Å². The maximum Gasteiger partial charge on any atom is 0.235 e. The van der Waals surface area contributed by atoms with Gasteiger partial charge in [0.15, 0.2) is 0 Å². The van der Waals surface area contributed by atoms with Crippen LogP contribution >= 0.6 is 0 Å². The fraction of sp³-hybridized carbons (Fsp3) is 0.588. The highest BCUT2D eigenvalue weighted by atomic mass is 16.1. The van der Waals surface area contributed by atoms with Gasteiger partial charge in [-0.25, -0.2) is 4.79 Å². The molecule has 0 heterocycles. The zero-order chi connectivity index (χ0) is 13.9. The summed E-state index contributed by atoms with van der Waals surface area (Å²) in [7, 11) is 0. The number of carbonyl (C=O) groups excluding carboxylic acids is 1. The van der Waals surface area contributed by atoms with Crippen molar-refractivity contribution in [3.63, 3.8) is 0 Å². The lowest BCUT2D eigenvalue weighted by atomic mass is 9.76. The van der Waals surface area contributed by atoms with Crippen LogP contribution in [-0.4, -0.2) is 6.08 Å². The summed E-state index contributed by atoms with van der Waals surface area (Å²) in [6.07, 6.45) is 7.27. The van der Waals surface area contributed by atoms with Crippen LogP contribution in [0.3, 0.4) is 0 Å². The van der Waals surface area contributed by atoms with E-state index in [1.165, 1.54) is 17.5 Å². The number of aliphatic imine (C=N–C) groups is 1. The summed E-state index contributed by atoms with van der Waals surface area (Å²) in [5, 5.41) is 0. The topological polar surface area (TPSA) is 29.4 Å². The molecule has 0 bridgehead atoms. The Morgan fingerprint density at radius 2 is 1.63 bits per heavy atom. The Morgan fingerprint density at radius 1 is 1.05 bits per heavy atom. The van der Waals surface area contributed by atoms with Gasteiger partial charge in [-0.05, 0) is 29.4 Å². The molecule has 1 fully saturated rings. The molecule has 0 N–H and O–H groups in total. The number of hydrogen-bond acceptors (Lipinski definition) is 2. The maximum atomic E-state index is 10.8. The Kier molecular flexibility index (Phi) is 3.91. The van der Waals surface area contributed by atoms with Gasteiger partial charge in [0.05, 0.1) is 5.54 Å². The smallest absolute Gasteiger partial charge is 0.211 e. The highest BCUT2D eigenvalue weighted by Crippen LogP contribution is 2.40. The largest absolute Gasteiger partial charge is 0.235 e. The van der Waals surface area contributed by atoms with E-state index in [-0.39, 0.29) is 11.0 Å². The first-order valence-corrected chi connectivity index (χ1v) is 7.18. The molecule has 0 atom stereocenters. The van der Waals surface area contributed by atoms with E-state index in [4.69, 9.17) is 0 Å². The minimum atomic E-state index is -0.309. The minimum absolute atomic E-state index is 0.159. The van der Waals surface area contributed by atoms with E-state index in [1.54, 1.807) is 6.08 Å². The molecular weight excluding hydrogens is 234 g/mol. The van der Waals surface area contributed by atoms with Crippen molar-refractivity contribution < 1.29 is 4.79 Å². The molecule has 1 aromatic carbocycles. The Bertz CT molecular complexity index is 469. The standard InChI is InChI=1S/C17H23NO/c1-16(2,3)14-7-9-15(10-8-14)17(18-13-19)11-5-4-6-12-17/h7-10H,4-6,11-12H2,1-3H3. The Hall–Kier alpha value is -1.40. The predicted octanol–water partition coefficient (Wildman–Crippen LogP) is 4.48. The number of rotatable bonds is 2. The summed E-state index contributed by atoms with van der Waals surface area (Å²) in [6.45, 7) is 6.63. The zero-order valence-corrected chi connectivity index (χ0v) is 12.2. The molecule has 1 saturated carbocycles. The van der Waals surface area contributed by atoms with Crippen molar-refractivity contribution in [3.8, 4) is 0 Å². The fourth-order valence-electron chi connectivity index (χ4n) is 2.97. The lowest BCUT2D eigenvalue weighted by molar-refractivity contribution is 0.304. The van der Waals surface area contributed by atoms with Gasteiger partial charge in [-0.15, -0.1) is 0 Å². The van der Waals surface area contributed by atoms with Crippen LogP contribution in [0, 0.1) is 0 Å². The van der Waals surface area contributed by atoms with Crippen molar-refractivity contribution in [1.29, 1.82) is 0 Å². The van der Waals surface area contributed by atoms with Gasteiger partial charge in [0.1, 0.15) is 0 Å². The molecule has 0 unspecified atom stereocenters. The highest BCUT2D eigenvalue weighted by molar-refractivity contribution is 5.39. The van der Waals surface area contributed by atoms with Crippen LogP contribution in [0.5, 0.6) is 0 Å². The first kappa shape index (κ1) is 14.0. The molecule has 0 aromatic heterocycles. The number of benzene rings is 1. The van der Waals surface area contributed by atoms with Crippen LogP contribution in [0.15, 0.2) is 29.3 Å². The van der Waals surface area contributed by atoms with Crippen molar-refractivity contribution in [2.45, 2.75) is 63.8 Å². The van der Waals surface area contributed by atoms with Crippen LogP contribution in [0.2, 0.25) is 0 Å². The molecule has 1 aliphatic carbocycles. The Labute approximate surface area is 115 Å². The molecule has 19 heavy (non-hydrogen) atoms. The van der Waals surface area contributed by atoms with Crippen LogP contribution in [-0.2, 0) is 15.7 Å². The molecule has 2 heteroatoms. The second kappa shape index (κ2) is 5.30. The highest BCUT2D eigenvalue weighted by Gasteiger charge is 2.33. The van der Waals surface area contributed by atoms with Crippen molar-refractivity contribution in [1.82, 2.24) is 0 Å². The molecule has 2 nitrogen and oxygen atoms in total. The van der Waals surface area contributed by atoms with E-state index in [2.05, 4.69) is 50.0 Å². The summed E-state index contributed by atoms with van der Waals surface area (Å²) in [5.74, 6) is 0. The van der Waals surface area contributed by atoms with Gasteiger partial charge in [-0.3, -0.25) is 0 Å². The molecule has 1 aromatic rings. The van der Waals surface area contributed by atoms with E-state index in [9.17, 15) is 4.79 Å². The third kappa shape index (κ3) is 2.96. The first-order chi connectivity index (χ1) is 8.98. The fourth-order valence-corrected chi connectivity index (χ4v) is 2.97. The molecule has 0 aliphatic heterocycles. The van der Waals surface area contributed by atoms with Gasteiger partial charge in [-0.2, -0.15) is 4.99 Å². The summed E-state index contributed by atoms with van der Waals surface area (Å²) in [6, 6.07) is 8.64. The summed E-state index contributed by atoms with van der Waals surface area (Å²) < 4.78 is 0. The lowest BCUT2D eigenvalue weighted by Gasteiger charge is -2.33. The third-order valence-corrected chi connectivity index (χ3v) is 4.23. The minimum Gasteiger partial charge on any atom is -0.211 e. The van der Waals surface area contributed by atoms with Crippen molar-refractivity contribution in [3.05, 3.63) is 35.4 Å². The van der Waals surface area contributed by atoms with Gasteiger partial charge in [-0.1, -0.05) is 64.3 Å². The number of isocyanates is 1. The first-order valence-electron chi connectivity index (χ1n) is 7.18. The average Bonchev–Trinajstić information content (AvgIpc) is 2.39. The van der Waals surface area contributed by atoms with Crippen molar-refractivity contribution in [2.75, 3.05) is 0 Å². The Morgan fingerprint density at radius 3 is 2.11 bits per heavy atom. The SMILES string of the molecule is CC(C)(C)c1ccc(C2(N=C=O)CCCCC2)cc1. The molecular formula is C17H23NO.